The largest absolute Gasteiger partial charge is 0.337 e. The zero-order valence-electron chi connectivity index (χ0n) is 11.8. The standard InChI is InChI=1S/C16H16N4O/c1-16(17,12-5-6-12)15-19-14(20-21-15)11-4-7-13-10(9-11)3-2-8-18-13/h2-4,7-9,12H,5-6,17H2,1H3. The summed E-state index contributed by atoms with van der Waals surface area (Å²) >= 11 is 0. The highest BCUT2D eigenvalue weighted by atomic mass is 16.5. The summed E-state index contributed by atoms with van der Waals surface area (Å²) in [6.45, 7) is 1.96. The molecule has 106 valence electrons. The Bertz CT molecular complexity index is 805. The minimum Gasteiger partial charge on any atom is -0.337 e. The van der Waals surface area contributed by atoms with Gasteiger partial charge in [0, 0.05) is 17.1 Å². The summed E-state index contributed by atoms with van der Waals surface area (Å²) in [4.78, 5) is 8.80. The summed E-state index contributed by atoms with van der Waals surface area (Å²) in [7, 11) is 0. The summed E-state index contributed by atoms with van der Waals surface area (Å²) < 4.78 is 5.40. The number of hydrogen-bond donors (Lipinski definition) is 1. The molecule has 1 atom stereocenters. The molecule has 0 saturated heterocycles. The van der Waals surface area contributed by atoms with Crippen molar-refractivity contribution in [2.45, 2.75) is 25.3 Å². The molecule has 3 aromatic rings. The predicted octanol–water partition coefficient (Wildman–Crippen LogP) is 2.87. The quantitative estimate of drug-likeness (QED) is 0.798. The van der Waals surface area contributed by atoms with Gasteiger partial charge >= 0.3 is 0 Å². The Balaban J connectivity index is 1.73. The summed E-state index contributed by atoms with van der Waals surface area (Å²) in [5.74, 6) is 1.55. The van der Waals surface area contributed by atoms with Gasteiger partial charge in [-0.25, -0.2) is 0 Å². The fourth-order valence-electron chi connectivity index (χ4n) is 2.63. The first kappa shape index (κ1) is 12.5. The third-order valence-electron chi connectivity index (χ3n) is 4.17. The Morgan fingerprint density at radius 3 is 2.95 bits per heavy atom. The van der Waals surface area contributed by atoms with Gasteiger partial charge in [-0.3, -0.25) is 4.98 Å². The Hall–Kier alpha value is -2.27. The van der Waals surface area contributed by atoms with Gasteiger partial charge in [0.25, 0.3) is 0 Å². The van der Waals surface area contributed by atoms with Crippen molar-refractivity contribution in [2.24, 2.45) is 11.7 Å². The van der Waals surface area contributed by atoms with Crippen molar-refractivity contribution in [3.63, 3.8) is 0 Å². The molecular formula is C16H16N4O. The molecule has 0 amide bonds. The van der Waals surface area contributed by atoms with Crippen LogP contribution in [0, 0.1) is 5.92 Å². The first-order valence-corrected chi connectivity index (χ1v) is 7.13. The van der Waals surface area contributed by atoms with Gasteiger partial charge in [-0.05, 0) is 49.9 Å². The lowest BCUT2D eigenvalue weighted by molar-refractivity contribution is 0.273. The van der Waals surface area contributed by atoms with Gasteiger partial charge in [0.1, 0.15) is 0 Å². The first-order valence-electron chi connectivity index (χ1n) is 7.13. The molecule has 2 N–H and O–H groups in total. The predicted molar refractivity (Wildman–Crippen MR) is 79.3 cm³/mol. The second-order valence-corrected chi connectivity index (χ2v) is 5.89. The number of pyridine rings is 1. The van der Waals surface area contributed by atoms with E-state index < -0.39 is 5.54 Å². The number of hydrogen-bond acceptors (Lipinski definition) is 5. The van der Waals surface area contributed by atoms with Gasteiger partial charge in [0.15, 0.2) is 0 Å². The molecule has 0 bridgehead atoms. The van der Waals surface area contributed by atoms with Crippen LogP contribution in [-0.4, -0.2) is 15.1 Å². The van der Waals surface area contributed by atoms with Gasteiger partial charge in [-0.2, -0.15) is 4.98 Å². The van der Waals surface area contributed by atoms with Crippen LogP contribution in [0.1, 0.15) is 25.7 Å². The van der Waals surface area contributed by atoms with Crippen molar-refractivity contribution in [3.05, 3.63) is 42.4 Å². The van der Waals surface area contributed by atoms with Crippen molar-refractivity contribution in [2.75, 3.05) is 0 Å². The maximum absolute atomic E-state index is 6.32. The minimum absolute atomic E-state index is 0.451. The van der Waals surface area contributed by atoms with Crippen LogP contribution < -0.4 is 5.73 Å². The van der Waals surface area contributed by atoms with Crippen LogP contribution in [-0.2, 0) is 5.54 Å². The Labute approximate surface area is 122 Å². The molecule has 1 unspecified atom stereocenters. The maximum Gasteiger partial charge on any atom is 0.247 e. The molecule has 4 rings (SSSR count). The Kier molecular flexibility index (Phi) is 2.59. The summed E-state index contributed by atoms with van der Waals surface area (Å²) in [6, 6.07) is 9.86. The van der Waals surface area contributed by atoms with Crippen molar-refractivity contribution >= 4 is 10.9 Å². The molecule has 1 saturated carbocycles. The molecule has 1 aromatic carbocycles. The van der Waals surface area contributed by atoms with E-state index in [-0.39, 0.29) is 0 Å². The third kappa shape index (κ3) is 2.10. The van der Waals surface area contributed by atoms with Crippen molar-refractivity contribution in [1.29, 1.82) is 0 Å². The Morgan fingerprint density at radius 1 is 1.29 bits per heavy atom. The number of nitrogens with zero attached hydrogens (tertiary/aromatic N) is 3. The fourth-order valence-corrected chi connectivity index (χ4v) is 2.63. The smallest absolute Gasteiger partial charge is 0.247 e. The van der Waals surface area contributed by atoms with Crippen LogP contribution in [0.3, 0.4) is 0 Å². The lowest BCUT2D eigenvalue weighted by Gasteiger charge is -2.18. The second-order valence-electron chi connectivity index (χ2n) is 5.89. The number of aromatic nitrogens is 3. The van der Waals surface area contributed by atoms with Crippen LogP contribution in [0.2, 0.25) is 0 Å². The van der Waals surface area contributed by atoms with Crippen molar-refractivity contribution in [3.8, 4) is 11.4 Å². The van der Waals surface area contributed by atoms with Gasteiger partial charge in [0.05, 0.1) is 11.1 Å². The molecular weight excluding hydrogens is 264 g/mol. The first-order chi connectivity index (χ1) is 10.1. The fraction of sp³-hybridized carbons (Fsp3) is 0.312. The van der Waals surface area contributed by atoms with Gasteiger partial charge in [-0.15, -0.1) is 0 Å². The number of fused-ring (bicyclic) bond motifs is 1. The van der Waals surface area contributed by atoms with Crippen molar-refractivity contribution in [1.82, 2.24) is 15.1 Å². The average Bonchev–Trinajstić information content (AvgIpc) is 3.24. The van der Waals surface area contributed by atoms with Crippen LogP contribution in [0.15, 0.2) is 41.1 Å². The molecule has 2 aromatic heterocycles. The van der Waals surface area contributed by atoms with Gasteiger partial charge < -0.3 is 10.3 Å². The minimum atomic E-state index is -0.524. The number of benzene rings is 1. The third-order valence-corrected chi connectivity index (χ3v) is 4.17. The highest BCUT2D eigenvalue weighted by molar-refractivity contribution is 5.82. The lowest BCUT2D eigenvalue weighted by atomic mass is 9.97. The van der Waals surface area contributed by atoms with E-state index in [9.17, 15) is 0 Å². The summed E-state index contributed by atoms with van der Waals surface area (Å²) in [5, 5.41) is 5.14. The molecule has 5 heteroatoms. The van der Waals surface area contributed by atoms with E-state index in [1.54, 1.807) is 6.20 Å². The SMILES string of the molecule is CC(N)(c1nc(-c2ccc3ncccc3c2)no1)C1CC1. The monoisotopic (exact) mass is 280 g/mol. The van der Waals surface area contributed by atoms with Gasteiger partial charge in [-0.1, -0.05) is 11.2 Å². The number of nitrogens with two attached hydrogens (primary N) is 1. The molecule has 0 spiro atoms. The molecule has 0 aliphatic heterocycles. The highest BCUT2D eigenvalue weighted by Gasteiger charge is 2.43. The maximum atomic E-state index is 6.32. The lowest BCUT2D eigenvalue weighted by Crippen LogP contribution is -2.35. The van der Waals surface area contributed by atoms with Crippen LogP contribution >= 0.6 is 0 Å². The zero-order valence-corrected chi connectivity index (χ0v) is 11.8. The normalized spacial score (nSPS) is 17.8. The Morgan fingerprint density at radius 2 is 2.14 bits per heavy atom. The molecule has 0 radical (unpaired) electrons. The van der Waals surface area contributed by atoms with E-state index in [4.69, 9.17) is 10.3 Å². The topological polar surface area (TPSA) is 77.8 Å². The van der Waals surface area contributed by atoms with Gasteiger partial charge in [0.2, 0.25) is 11.7 Å². The molecule has 5 nitrogen and oxygen atoms in total. The van der Waals surface area contributed by atoms with E-state index in [2.05, 4.69) is 15.1 Å². The van der Waals surface area contributed by atoms with Crippen LogP contribution in [0.4, 0.5) is 0 Å². The average molecular weight is 280 g/mol. The molecule has 1 aliphatic carbocycles. The van der Waals surface area contributed by atoms with Crippen molar-refractivity contribution < 1.29 is 4.52 Å². The van der Waals surface area contributed by atoms with E-state index in [1.807, 2.05) is 37.3 Å². The number of rotatable bonds is 3. The van der Waals surface area contributed by atoms with E-state index in [0.717, 1.165) is 29.3 Å². The van der Waals surface area contributed by atoms with E-state index in [1.165, 1.54) is 0 Å². The molecule has 1 aliphatic rings. The molecule has 2 heterocycles. The second kappa shape index (κ2) is 4.36. The molecule has 21 heavy (non-hydrogen) atoms. The van der Waals surface area contributed by atoms with Crippen LogP contribution in [0.25, 0.3) is 22.3 Å². The summed E-state index contributed by atoms with van der Waals surface area (Å²) in [5.41, 5.74) is 7.66. The molecule has 1 fully saturated rings. The van der Waals surface area contributed by atoms with E-state index >= 15 is 0 Å². The van der Waals surface area contributed by atoms with E-state index in [0.29, 0.717) is 17.6 Å². The highest BCUT2D eigenvalue weighted by Crippen LogP contribution is 2.43. The van der Waals surface area contributed by atoms with Crippen LogP contribution in [0.5, 0.6) is 0 Å². The summed E-state index contributed by atoms with van der Waals surface area (Å²) in [6.07, 6.45) is 4.04. The zero-order chi connectivity index (χ0) is 14.4.